The van der Waals surface area contributed by atoms with Crippen molar-refractivity contribution in [2.45, 2.75) is 25.7 Å². The van der Waals surface area contributed by atoms with Crippen molar-refractivity contribution in [3.8, 4) is 0 Å². The molecule has 2 aliphatic carbocycles. The molecule has 1 aromatic carbocycles. The molecule has 0 saturated heterocycles. The summed E-state index contributed by atoms with van der Waals surface area (Å²) in [7, 11) is 0. The van der Waals surface area contributed by atoms with Crippen LogP contribution in [-0.2, 0) is 0 Å². The van der Waals surface area contributed by atoms with Crippen LogP contribution in [-0.4, -0.2) is 17.3 Å². The molecule has 6 heteroatoms. The standard InChI is InChI=1S/C28H30N6/c29-18-8-9-20-31-24-13-6-7-14-25(24)32-22-11-4-5-12-23(21-22)34-27-16-3-1-2-15-26(27)33-28(34)17-10-19-30/h1-7,9,12-15,17-21,29-33H,8,10-11,16H2/b20-9-,28-17-,29-18?,30-19?. The summed E-state index contributed by atoms with van der Waals surface area (Å²) in [6.45, 7) is 0. The number of nitrogens with zero attached hydrogens (tertiary/aromatic N) is 1. The van der Waals surface area contributed by atoms with Gasteiger partial charge in [0.1, 0.15) is 5.82 Å². The Morgan fingerprint density at radius 1 is 0.971 bits per heavy atom. The van der Waals surface area contributed by atoms with E-state index >= 15 is 0 Å². The van der Waals surface area contributed by atoms with Gasteiger partial charge < -0.3 is 26.8 Å². The van der Waals surface area contributed by atoms with Crippen LogP contribution in [0.25, 0.3) is 0 Å². The van der Waals surface area contributed by atoms with E-state index in [0.29, 0.717) is 12.8 Å². The summed E-state index contributed by atoms with van der Waals surface area (Å²) in [5, 5.41) is 25.1. The number of hydrogen-bond donors (Lipinski definition) is 5. The van der Waals surface area contributed by atoms with Crippen molar-refractivity contribution in [2.24, 2.45) is 0 Å². The lowest BCUT2D eigenvalue weighted by atomic mass is 10.2. The summed E-state index contributed by atoms with van der Waals surface area (Å²) in [6, 6.07) is 8.11. The number of anilines is 2. The topological polar surface area (TPSA) is 87.0 Å². The van der Waals surface area contributed by atoms with Gasteiger partial charge in [0.2, 0.25) is 0 Å². The van der Waals surface area contributed by atoms with E-state index in [2.05, 4.69) is 81.6 Å². The van der Waals surface area contributed by atoms with Crippen molar-refractivity contribution >= 4 is 23.8 Å². The highest BCUT2D eigenvalue weighted by molar-refractivity contribution is 5.72. The van der Waals surface area contributed by atoms with Crippen LogP contribution < -0.4 is 16.0 Å². The Bertz CT molecular complexity index is 1170. The molecule has 0 amide bonds. The molecule has 0 unspecified atom stereocenters. The normalized spacial score (nSPS) is 18.2. The molecule has 5 N–H and O–H groups in total. The number of allylic oxidation sites excluding steroid dienone is 10. The van der Waals surface area contributed by atoms with Gasteiger partial charge in [-0.2, -0.15) is 0 Å². The molecule has 34 heavy (non-hydrogen) atoms. The minimum absolute atomic E-state index is 0.571. The van der Waals surface area contributed by atoms with Crippen LogP contribution in [0.3, 0.4) is 0 Å². The fraction of sp³-hybridized carbons (Fsp3) is 0.143. The lowest BCUT2D eigenvalue weighted by molar-refractivity contribution is 0.538. The largest absolute Gasteiger partial charge is 0.360 e. The van der Waals surface area contributed by atoms with E-state index in [1.54, 1.807) is 0 Å². The van der Waals surface area contributed by atoms with E-state index in [0.717, 1.165) is 47.1 Å². The van der Waals surface area contributed by atoms with Gasteiger partial charge in [-0.05, 0) is 55.1 Å². The summed E-state index contributed by atoms with van der Waals surface area (Å²) in [5.41, 5.74) is 6.38. The second kappa shape index (κ2) is 11.5. The zero-order valence-corrected chi connectivity index (χ0v) is 19.1. The van der Waals surface area contributed by atoms with Gasteiger partial charge in [-0.3, -0.25) is 4.90 Å². The van der Waals surface area contributed by atoms with Crippen molar-refractivity contribution in [1.82, 2.24) is 10.2 Å². The van der Waals surface area contributed by atoms with E-state index in [1.165, 1.54) is 18.1 Å². The molecule has 0 atom stereocenters. The summed E-state index contributed by atoms with van der Waals surface area (Å²) in [6.07, 6.45) is 28.4. The second-order valence-electron chi connectivity index (χ2n) is 7.89. The van der Waals surface area contributed by atoms with E-state index in [9.17, 15) is 0 Å². The smallest absolute Gasteiger partial charge is 0.111 e. The Labute approximate surface area is 201 Å². The molecule has 0 saturated carbocycles. The van der Waals surface area contributed by atoms with Gasteiger partial charge >= 0.3 is 0 Å². The second-order valence-corrected chi connectivity index (χ2v) is 7.89. The molecular weight excluding hydrogens is 420 g/mol. The predicted octanol–water partition coefficient (Wildman–Crippen LogP) is 6.31. The molecule has 0 spiro atoms. The van der Waals surface area contributed by atoms with Gasteiger partial charge in [0.25, 0.3) is 0 Å². The van der Waals surface area contributed by atoms with E-state index < -0.39 is 0 Å². The average molecular weight is 451 g/mol. The summed E-state index contributed by atoms with van der Waals surface area (Å²) < 4.78 is 0. The molecule has 1 aromatic rings. The van der Waals surface area contributed by atoms with E-state index in [1.807, 2.05) is 30.5 Å². The third kappa shape index (κ3) is 5.53. The summed E-state index contributed by atoms with van der Waals surface area (Å²) in [5.74, 6) is 0.976. The Morgan fingerprint density at radius 2 is 1.79 bits per heavy atom. The van der Waals surface area contributed by atoms with Gasteiger partial charge in [0.05, 0.1) is 22.8 Å². The fourth-order valence-corrected chi connectivity index (χ4v) is 3.94. The molecule has 172 valence electrons. The Morgan fingerprint density at radius 3 is 2.65 bits per heavy atom. The molecule has 1 aliphatic heterocycles. The fourth-order valence-electron chi connectivity index (χ4n) is 3.94. The van der Waals surface area contributed by atoms with Gasteiger partial charge in [0.15, 0.2) is 0 Å². The van der Waals surface area contributed by atoms with Crippen molar-refractivity contribution in [3.63, 3.8) is 0 Å². The SMILES string of the molecule is N=CC/C=C\Nc1ccccc1NC1=CC(N2C3=C(C=CC=CC3)N/C2=C/CC=N)=CC=CC1. The van der Waals surface area contributed by atoms with Gasteiger partial charge in [-0.1, -0.05) is 48.6 Å². The Kier molecular flexibility index (Phi) is 7.74. The van der Waals surface area contributed by atoms with Crippen molar-refractivity contribution in [3.05, 3.63) is 120 Å². The number of para-hydroxylation sites is 2. The lowest BCUT2D eigenvalue weighted by Gasteiger charge is -2.24. The lowest BCUT2D eigenvalue weighted by Crippen LogP contribution is -2.21. The van der Waals surface area contributed by atoms with Crippen LogP contribution in [0.4, 0.5) is 11.4 Å². The highest BCUT2D eigenvalue weighted by Gasteiger charge is 2.27. The first-order chi connectivity index (χ1) is 16.8. The monoisotopic (exact) mass is 450 g/mol. The average Bonchev–Trinajstić information content (AvgIpc) is 3.01. The van der Waals surface area contributed by atoms with Gasteiger partial charge in [-0.15, -0.1) is 0 Å². The van der Waals surface area contributed by atoms with Crippen molar-refractivity contribution in [1.29, 1.82) is 10.8 Å². The maximum Gasteiger partial charge on any atom is 0.111 e. The molecule has 1 heterocycles. The first-order valence-electron chi connectivity index (χ1n) is 11.5. The first kappa shape index (κ1) is 22.9. The minimum atomic E-state index is 0.571. The molecular formula is C28H30N6. The van der Waals surface area contributed by atoms with Gasteiger partial charge in [-0.25, -0.2) is 0 Å². The van der Waals surface area contributed by atoms with Crippen LogP contribution in [0.5, 0.6) is 0 Å². The number of nitrogens with one attached hydrogen (secondary N) is 5. The summed E-state index contributed by atoms with van der Waals surface area (Å²) in [4.78, 5) is 2.25. The Hall–Kier alpha value is -4.32. The number of hydrogen-bond acceptors (Lipinski definition) is 6. The summed E-state index contributed by atoms with van der Waals surface area (Å²) >= 11 is 0. The molecule has 4 rings (SSSR count). The highest BCUT2D eigenvalue weighted by Crippen LogP contribution is 2.34. The zero-order valence-electron chi connectivity index (χ0n) is 19.1. The maximum absolute atomic E-state index is 7.47. The van der Waals surface area contributed by atoms with Gasteiger partial charge in [0, 0.05) is 37.1 Å². The molecule has 0 fully saturated rings. The van der Waals surface area contributed by atoms with Crippen LogP contribution >= 0.6 is 0 Å². The van der Waals surface area contributed by atoms with Crippen LogP contribution in [0, 0.1) is 10.8 Å². The Balaban J connectivity index is 1.63. The quantitative estimate of drug-likeness (QED) is 0.286. The van der Waals surface area contributed by atoms with E-state index in [4.69, 9.17) is 10.8 Å². The van der Waals surface area contributed by atoms with Crippen molar-refractivity contribution < 1.29 is 0 Å². The third-order valence-corrected chi connectivity index (χ3v) is 5.49. The van der Waals surface area contributed by atoms with E-state index in [-0.39, 0.29) is 0 Å². The van der Waals surface area contributed by atoms with Crippen LogP contribution in [0.1, 0.15) is 25.7 Å². The number of benzene rings is 1. The molecule has 0 radical (unpaired) electrons. The zero-order chi connectivity index (χ0) is 23.6. The molecule has 6 nitrogen and oxygen atoms in total. The third-order valence-electron chi connectivity index (χ3n) is 5.49. The van der Waals surface area contributed by atoms with Crippen LogP contribution in [0.15, 0.2) is 120 Å². The van der Waals surface area contributed by atoms with Crippen molar-refractivity contribution in [2.75, 3.05) is 10.6 Å². The molecule has 0 bridgehead atoms. The number of rotatable bonds is 9. The first-order valence-corrected chi connectivity index (χ1v) is 11.5. The highest BCUT2D eigenvalue weighted by atomic mass is 15.3. The van der Waals surface area contributed by atoms with Crippen LogP contribution in [0.2, 0.25) is 0 Å². The maximum atomic E-state index is 7.47. The molecule has 3 aliphatic rings. The molecule has 0 aromatic heterocycles. The predicted molar refractivity (Wildman–Crippen MR) is 143 cm³/mol. The minimum Gasteiger partial charge on any atom is -0.360 e.